The lowest BCUT2D eigenvalue weighted by Crippen LogP contribution is -2.29. The zero-order valence-electron chi connectivity index (χ0n) is 15.0. The van der Waals surface area contributed by atoms with Gasteiger partial charge in [-0.15, -0.1) is 0 Å². The van der Waals surface area contributed by atoms with Gasteiger partial charge in [-0.2, -0.15) is 0 Å². The summed E-state index contributed by atoms with van der Waals surface area (Å²) in [5.74, 6) is -1.80. The fourth-order valence-electron chi connectivity index (χ4n) is 2.05. The second kappa shape index (κ2) is 11.0. The average Bonchev–Trinajstić information content (AvgIpc) is 2.61. The van der Waals surface area contributed by atoms with Crippen LogP contribution in [0.25, 0.3) is 0 Å². The largest absolute Gasteiger partial charge is 0.480 e. The first-order valence-corrected chi connectivity index (χ1v) is 8.32. The Morgan fingerprint density at radius 3 is 2.38 bits per heavy atom. The number of carboxylic acids is 1. The van der Waals surface area contributed by atoms with Crippen LogP contribution < -0.4 is 10.6 Å². The molecule has 1 aromatic carbocycles. The zero-order valence-corrected chi connectivity index (χ0v) is 15.0. The van der Waals surface area contributed by atoms with Crippen LogP contribution in [0.1, 0.15) is 47.4 Å². The predicted octanol–water partition coefficient (Wildman–Crippen LogP) is 1.50. The highest BCUT2D eigenvalue weighted by Gasteiger charge is 2.12. The Labute approximate surface area is 151 Å². The molecule has 26 heavy (non-hydrogen) atoms. The molecule has 0 saturated heterocycles. The minimum Gasteiger partial charge on any atom is -0.480 e. The molecule has 142 valence electrons. The van der Waals surface area contributed by atoms with Crippen molar-refractivity contribution in [1.82, 2.24) is 5.32 Å². The number of aliphatic carboxylic acids is 1. The summed E-state index contributed by atoms with van der Waals surface area (Å²) in [5, 5.41) is 13.9. The van der Waals surface area contributed by atoms with Gasteiger partial charge in [-0.25, -0.2) is 0 Å². The molecule has 0 aliphatic carbocycles. The molecular weight excluding hydrogens is 340 g/mol. The summed E-state index contributed by atoms with van der Waals surface area (Å²) >= 11 is 0. The first-order chi connectivity index (χ1) is 12.3. The smallest absolute Gasteiger partial charge is 0.322 e. The number of amides is 1. The van der Waals surface area contributed by atoms with E-state index in [0.29, 0.717) is 43.9 Å². The second-order valence-electron chi connectivity index (χ2n) is 5.61. The van der Waals surface area contributed by atoms with Crippen molar-refractivity contribution < 1.29 is 29.0 Å². The van der Waals surface area contributed by atoms with Crippen LogP contribution in [0.15, 0.2) is 18.2 Å². The van der Waals surface area contributed by atoms with E-state index in [2.05, 4.69) is 10.6 Å². The summed E-state index contributed by atoms with van der Waals surface area (Å²) in [4.78, 5) is 45.4. The molecule has 0 aromatic heterocycles. The molecule has 0 aliphatic rings. The Morgan fingerprint density at radius 2 is 1.77 bits per heavy atom. The molecule has 0 saturated carbocycles. The van der Waals surface area contributed by atoms with Gasteiger partial charge in [-0.05, 0) is 25.1 Å². The Balaban J connectivity index is 2.63. The minimum atomic E-state index is -1.15. The first-order valence-electron chi connectivity index (χ1n) is 8.32. The molecule has 1 amide bonds. The molecule has 0 spiro atoms. The average molecular weight is 364 g/mol. The highest BCUT2D eigenvalue weighted by molar-refractivity contribution is 6.01. The van der Waals surface area contributed by atoms with E-state index in [1.54, 1.807) is 13.0 Å². The number of Topliss-reactive ketones (excluding diaryl/α,β-unsaturated/α-hetero) is 2. The van der Waals surface area contributed by atoms with E-state index >= 15 is 0 Å². The van der Waals surface area contributed by atoms with Gasteiger partial charge in [0, 0.05) is 36.2 Å². The maximum atomic E-state index is 12.0. The number of benzene rings is 1. The number of hydrogen-bond donors (Lipinski definition) is 3. The van der Waals surface area contributed by atoms with Gasteiger partial charge in [0.05, 0.1) is 13.2 Å². The van der Waals surface area contributed by atoms with E-state index in [4.69, 9.17) is 9.84 Å². The quantitative estimate of drug-likeness (QED) is 0.379. The van der Waals surface area contributed by atoms with E-state index < -0.39 is 18.4 Å². The van der Waals surface area contributed by atoms with Crippen molar-refractivity contribution in [3.05, 3.63) is 29.3 Å². The van der Waals surface area contributed by atoms with E-state index in [1.165, 1.54) is 19.1 Å². The highest BCUT2D eigenvalue weighted by Crippen LogP contribution is 2.16. The van der Waals surface area contributed by atoms with Gasteiger partial charge >= 0.3 is 5.97 Å². The lowest BCUT2D eigenvalue weighted by molar-refractivity contribution is -0.135. The van der Waals surface area contributed by atoms with Gasteiger partial charge in [-0.3, -0.25) is 19.2 Å². The lowest BCUT2D eigenvalue weighted by atomic mass is 10.1. The summed E-state index contributed by atoms with van der Waals surface area (Å²) in [6.45, 7) is 3.82. The maximum absolute atomic E-state index is 12.0. The van der Waals surface area contributed by atoms with Crippen molar-refractivity contribution >= 4 is 29.1 Å². The van der Waals surface area contributed by atoms with Gasteiger partial charge in [-0.1, -0.05) is 6.92 Å². The number of carboxylic acid groups (broad SMARTS) is 1. The number of hydrogen-bond acceptors (Lipinski definition) is 6. The molecule has 1 rings (SSSR count). The van der Waals surface area contributed by atoms with Gasteiger partial charge in [0.2, 0.25) is 0 Å². The number of carbonyl (C=O) groups is 4. The Bertz CT molecular complexity index is 672. The number of anilines is 1. The van der Waals surface area contributed by atoms with Crippen molar-refractivity contribution in [2.75, 3.05) is 31.6 Å². The lowest BCUT2D eigenvalue weighted by Gasteiger charge is -2.11. The van der Waals surface area contributed by atoms with Crippen LogP contribution >= 0.6 is 0 Å². The van der Waals surface area contributed by atoms with Crippen molar-refractivity contribution in [3.63, 3.8) is 0 Å². The zero-order chi connectivity index (χ0) is 19.5. The standard InChI is InChI=1S/C18H24N2O6/c1-3-16(22)4-6-26-7-5-19-15-9-13(12(2)21)8-14(10-15)18(25)20-11-17(23)24/h8-10,19H,3-7,11H2,1-2H3,(H,20,25)(H,23,24). The van der Waals surface area contributed by atoms with E-state index in [0.717, 1.165) is 0 Å². The minimum absolute atomic E-state index is 0.143. The summed E-state index contributed by atoms with van der Waals surface area (Å²) in [6.07, 6.45) is 0.871. The molecule has 0 fully saturated rings. The van der Waals surface area contributed by atoms with E-state index in [-0.39, 0.29) is 17.1 Å². The Morgan fingerprint density at radius 1 is 1.08 bits per heavy atom. The molecule has 0 bridgehead atoms. The number of rotatable bonds is 12. The van der Waals surface area contributed by atoms with Crippen molar-refractivity contribution in [2.45, 2.75) is 26.7 Å². The normalized spacial score (nSPS) is 10.2. The third-order valence-electron chi connectivity index (χ3n) is 3.50. The topological polar surface area (TPSA) is 122 Å². The molecule has 0 unspecified atom stereocenters. The van der Waals surface area contributed by atoms with Crippen LogP contribution in [-0.2, 0) is 14.3 Å². The molecule has 3 N–H and O–H groups in total. The van der Waals surface area contributed by atoms with Crippen LogP contribution in [0, 0.1) is 0 Å². The van der Waals surface area contributed by atoms with Crippen LogP contribution in [0.2, 0.25) is 0 Å². The van der Waals surface area contributed by atoms with Crippen LogP contribution in [0.4, 0.5) is 5.69 Å². The Kier molecular flexibility index (Phi) is 9.00. The molecule has 8 nitrogen and oxygen atoms in total. The summed E-state index contributed by atoms with van der Waals surface area (Å²) < 4.78 is 5.35. The fraction of sp³-hybridized carbons (Fsp3) is 0.444. The molecule has 1 aromatic rings. The third-order valence-corrected chi connectivity index (χ3v) is 3.50. The van der Waals surface area contributed by atoms with Gasteiger partial charge in [0.1, 0.15) is 12.3 Å². The SMILES string of the molecule is CCC(=O)CCOCCNc1cc(C(C)=O)cc(C(=O)NCC(=O)O)c1. The van der Waals surface area contributed by atoms with Gasteiger partial charge < -0.3 is 20.5 Å². The van der Waals surface area contributed by atoms with Crippen molar-refractivity contribution in [1.29, 1.82) is 0 Å². The molecular formula is C18H24N2O6. The number of nitrogens with one attached hydrogen (secondary N) is 2. The van der Waals surface area contributed by atoms with E-state index in [9.17, 15) is 19.2 Å². The second-order valence-corrected chi connectivity index (χ2v) is 5.61. The Hall–Kier alpha value is -2.74. The van der Waals surface area contributed by atoms with Gasteiger partial charge in [0.25, 0.3) is 5.91 Å². The van der Waals surface area contributed by atoms with Crippen molar-refractivity contribution in [2.24, 2.45) is 0 Å². The first kappa shape index (κ1) is 21.3. The molecule has 0 radical (unpaired) electrons. The monoisotopic (exact) mass is 364 g/mol. The predicted molar refractivity (Wildman–Crippen MR) is 95.6 cm³/mol. The van der Waals surface area contributed by atoms with Crippen molar-refractivity contribution in [3.8, 4) is 0 Å². The fourth-order valence-corrected chi connectivity index (χ4v) is 2.05. The number of ketones is 2. The van der Waals surface area contributed by atoms with Crippen LogP contribution in [-0.4, -0.2) is 54.9 Å². The molecule has 0 heterocycles. The van der Waals surface area contributed by atoms with Crippen LogP contribution in [0.3, 0.4) is 0 Å². The molecule has 0 aliphatic heterocycles. The molecule has 0 atom stereocenters. The van der Waals surface area contributed by atoms with E-state index in [1.807, 2.05) is 0 Å². The molecule has 8 heteroatoms. The number of carbonyl (C=O) groups excluding carboxylic acids is 3. The third kappa shape index (κ3) is 7.89. The van der Waals surface area contributed by atoms with Crippen LogP contribution in [0.5, 0.6) is 0 Å². The number of ether oxygens (including phenoxy) is 1. The summed E-state index contributed by atoms with van der Waals surface area (Å²) in [6, 6.07) is 4.55. The summed E-state index contributed by atoms with van der Waals surface area (Å²) in [5.41, 5.74) is 1.08. The highest BCUT2D eigenvalue weighted by atomic mass is 16.5. The maximum Gasteiger partial charge on any atom is 0.322 e. The summed E-state index contributed by atoms with van der Waals surface area (Å²) in [7, 11) is 0. The van der Waals surface area contributed by atoms with Gasteiger partial charge in [0.15, 0.2) is 5.78 Å².